The fourth-order valence-corrected chi connectivity index (χ4v) is 3.24. The van der Waals surface area contributed by atoms with E-state index in [0.29, 0.717) is 12.0 Å². The molecule has 2 rings (SSSR count). The number of hydrogen-bond acceptors (Lipinski definition) is 2. The summed E-state index contributed by atoms with van der Waals surface area (Å²) in [6, 6.07) is 4.12. The van der Waals surface area contributed by atoms with Gasteiger partial charge in [0.2, 0.25) is 0 Å². The smallest absolute Gasteiger partial charge is 0.261 e. The largest absolute Gasteiger partial charge is 0.349 e. The van der Waals surface area contributed by atoms with Gasteiger partial charge in [0.05, 0.1) is 4.88 Å². The fourth-order valence-electron chi connectivity index (χ4n) is 2.61. The summed E-state index contributed by atoms with van der Waals surface area (Å²) < 4.78 is 0. The monoisotopic (exact) mass is 251 g/mol. The van der Waals surface area contributed by atoms with E-state index < -0.39 is 0 Å². The average molecular weight is 251 g/mol. The summed E-state index contributed by atoms with van der Waals surface area (Å²) in [4.78, 5) is 12.8. The fraction of sp³-hybridized carbons (Fsp3) is 0.643. The van der Waals surface area contributed by atoms with E-state index in [1.165, 1.54) is 49.9 Å². The molecule has 1 aliphatic rings. The van der Waals surface area contributed by atoms with Crippen molar-refractivity contribution in [2.45, 2.75) is 51.5 Å². The first kappa shape index (κ1) is 12.6. The summed E-state index contributed by atoms with van der Waals surface area (Å²) in [5.41, 5.74) is 0. The molecular weight excluding hydrogens is 230 g/mol. The highest BCUT2D eigenvalue weighted by Gasteiger charge is 2.21. The van der Waals surface area contributed by atoms with Crippen molar-refractivity contribution in [1.29, 1.82) is 0 Å². The van der Waals surface area contributed by atoms with Crippen molar-refractivity contribution in [3.63, 3.8) is 0 Å². The molecule has 1 N–H and O–H groups in total. The minimum atomic E-state index is 0.0942. The number of hydrogen-bond donors (Lipinski definition) is 1. The molecule has 0 aromatic carbocycles. The second-order valence-corrected chi connectivity index (χ2v) is 5.94. The maximum absolute atomic E-state index is 11.9. The van der Waals surface area contributed by atoms with Crippen LogP contribution in [-0.4, -0.2) is 11.9 Å². The number of thiophene rings is 1. The normalized spacial score (nSPS) is 19.6. The summed E-state index contributed by atoms with van der Waals surface area (Å²) in [5.74, 6) is 0.762. The zero-order valence-electron chi connectivity index (χ0n) is 10.4. The Labute approximate surface area is 107 Å². The Morgan fingerprint density at radius 3 is 2.65 bits per heavy atom. The quantitative estimate of drug-likeness (QED) is 0.813. The van der Waals surface area contributed by atoms with Crippen molar-refractivity contribution >= 4 is 17.2 Å². The van der Waals surface area contributed by atoms with Gasteiger partial charge in [-0.2, -0.15) is 0 Å². The lowest BCUT2D eigenvalue weighted by Gasteiger charge is -2.23. The number of rotatable bonds is 3. The van der Waals surface area contributed by atoms with E-state index in [1.807, 2.05) is 17.5 Å². The van der Waals surface area contributed by atoms with E-state index in [2.05, 4.69) is 12.2 Å². The Morgan fingerprint density at radius 1 is 1.35 bits per heavy atom. The van der Waals surface area contributed by atoms with Gasteiger partial charge in [0.15, 0.2) is 0 Å². The van der Waals surface area contributed by atoms with Crippen molar-refractivity contribution in [3.8, 4) is 0 Å². The molecule has 1 heterocycles. The molecule has 3 heteroatoms. The molecule has 0 radical (unpaired) electrons. The van der Waals surface area contributed by atoms with E-state index in [0.717, 1.165) is 4.88 Å². The molecule has 1 amide bonds. The number of nitrogens with one attached hydrogen (secondary N) is 1. The predicted molar refractivity (Wildman–Crippen MR) is 72.4 cm³/mol. The molecule has 1 saturated carbocycles. The SMILES string of the molecule is C[C@@H](NC(=O)c1cccs1)C1CCCCCC1. The van der Waals surface area contributed by atoms with Gasteiger partial charge in [0.25, 0.3) is 5.91 Å². The highest BCUT2D eigenvalue weighted by molar-refractivity contribution is 7.12. The van der Waals surface area contributed by atoms with Crippen molar-refractivity contribution in [2.24, 2.45) is 5.92 Å². The van der Waals surface area contributed by atoms with E-state index in [-0.39, 0.29) is 5.91 Å². The molecule has 0 spiro atoms. The minimum absolute atomic E-state index is 0.0942. The second kappa shape index (κ2) is 6.20. The zero-order chi connectivity index (χ0) is 12.1. The molecule has 1 aromatic heterocycles. The average Bonchev–Trinajstić information content (AvgIpc) is 2.71. The molecule has 2 nitrogen and oxygen atoms in total. The molecule has 94 valence electrons. The predicted octanol–water partition coefficient (Wildman–Crippen LogP) is 3.84. The zero-order valence-corrected chi connectivity index (χ0v) is 11.3. The van der Waals surface area contributed by atoms with Crippen LogP contribution in [0.1, 0.15) is 55.1 Å². The molecular formula is C14H21NOS. The van der Waals surface area contributed by atoms with Crippen molar-refractivity contribution < 1.29 is 4.79 Å². The highest BCUT2D eigenvalue weighted by atomic mass is 32.1. The van der Waals surface area contributed by atoms with Crippen LogP contribution in [0.2, 0.25) is 0 Å². The highest BCUT2D eigenvalue weighted by Crippen LogP contribution is 2.25. The maximum atomic E-state index is 11.9. The summed E-state index contributed by atoms with van der Waals surface area (Å²) >= 11 is 1.51. The van der Waals surface area contributed by atoms with Crippen LogP contribution >= 0.6 is 11.3 Å². The molecule has 0 unspecified atom stereocenters. The lowest BCUT2D eigenvalue weighted by atomic mass is 9.93. The van der Waals surface area contributed by atoms with Gasteiger partial charge < -0.3 is 5.32 Å². The van der Waals surface area contributed by atoms with Gasteiger partial charge in [-0.1, -0.05) is 31.7 Å². The third-order valence-electron chi connectivity index (χ3n) is 3.71. The number of carbonyl (C=O) groups excluding carboxylic acids is 1. The molecule has 0 aliphatic heterocycles. The van der Waals surface area contributed by atoms with Crippen molar-refractivity contribution in [2.75, 3.05) is 0 Å². The Balaban J connectivity index is 1.87. The number of amides is 1. The van der Waals surface area contributed by atoms with E-state index in [4.69, 9.17) is 0 Å². The van der Waals surface area contributed by atoms with Gasteiger partial charge in [-0.05, 0) is 37.1 Å². The van der Waals surface area contributed by atoms with Gasteiger partial charge in [0, 0.05) is 6.04 Å². The van der Waals surface area contributed by atoms with E-state index in [9.17, 15) is 4.79 Å². The van der Waals surface area contributed by atoms with E-state index in [1.54, 1.807) is 0 Å². The lowest BCUT2D eigenvalue weighted by molar-refractivity contribution is 0.0928. The van der Waals surface area contributed by atoms with Crippen LogP contribution < -0.4 is 5.32 Å². The van der Waals surface area contributed by atoms with Crippen LogP contribution in [0.15, 0.2) is 17.5 Å². The van der Waals surface area contributed by atoms with Gasteiger partial charge in [-0.3, -0.25) is 4.79 Å². The number of carbonyl (C=O) groups is 1. The van der Waals surface area contributed by atoms with Crippen LogP contribution in [0.4, 0.5) is 0 Å². The molecule has 1 aromatic rings. The van der Waals surface area contributed by atoms with Crippen LogP contribution in [0.5, 0.6) is 0 Å². The molecule has 0 bridgehead atoms. The molecule has 17 heavy (non-hydrogen) atoms. The van der Waals surface area contributed by atoms with Crippen LogP contribution in [-0.2, 0) is 0 Å². The van der Waals surface area contributed by atoms with Gasteiger partial charge in [-0.15, -0.1) is 11.3 Å². The Kier molecular flexibility index (Phi) is 4.60. The third kappa shape index (κ3) is 3.56. The molecule has 1 aliphatic carbocycles. The first-order valence-electron chi connectivity index (χ1n) is 6.62. The van der Waals surface area contributed by atoms with Crippen LogP contribution in [0, 0.1) is 5.92 Å². The topological polar surface area (TPSA) is 29.1 Å². The summed E-state index contributed by atoms with van der Waals surface area (Å²) in [6.45, 7) is 2.15. The third-order valence-corrected chi connectivity index (χ3v) is 4.58. The van der Waals surface area contributed by atoms with E-state index >= 15 is 0 Å². The lowest BCUT2D eigenvalue weighted by Crippen LogP contribution is -2.37. The van der Waals surface area contributed by atoms with Gasteiger partial charge >= 0.3 is 0 Å². The van der Waals surface area contributed by atoms with Crippen LogP contribution in [0.25, 0.3) is 0 Å². The maximum Gasteiger partial charge on any atom is 0.261 e. The van der Waals surface area contributed by atoms with Gasteiger partial charge in [0.1, 0.15) is 0 Å². The first-order valence-corrected chi connectivity index (χ1v) is 7.49. The first-order chi connectivity index (χ1) is 8.27. The summed E-state index contributed by atoms with van der Waals surface area (Å²) in [7, 11) is 0. The van der Waals surface area contributed by atoms with Crippen molar-refractivity contribution in [3.05, 3.63) is 22.4 Å². The minimum Gasteiger partial charge on any atom is -0.349 e. The summed E-state index contributed by atoms with van der Waals surface area (Å²) in [5, 5.41) is 5.10. The molecule has 1 fully saturated rings. The standard InChI is InChI=1S/C14H21NOS/c1-11(12-7-4-2-3-5-8-12)15-14(16)13-9-6-10-17-13/h6,9-12H,2-5,7-8H2,1H3,(H,15,16)/t11-/m1/s1. The van der Waals surface area contributed by atoms with Gasteiger partial charge in [-0.25, -0.2) is 0 Å². The summed E-state index contributed by atoms with van der Waals surface area (Å²) in [6.07, 6.45) is 7.91. The van der Waals surface area contributed by atoms with Crippen molar-refractivity contribution in [1.82, 2.24) is 5.32 Å². The molecule has 0 saturated heterocycles. The molecule has 1 atom stereocenters. The Morgan fingerprint density at radius 2 is 2.06 bits per heavy atom. The Bertz CT molecular complexity index is 339. The van der Waals surface area contributed by atoms with Crippen LogP contribution in [0.3, 0.4) is 0 Å². The second-order valence-electron chi connectivity index (χ2n) is 4.99. The Hall–Kier alpha value is -0.830.